The van der Waals surface area contributed by atoms with Crippen molar-refractivity contribution in [2.24, 2.45) is 0 Å². The van der Waals surface area contributed by atoms with Crippen molar-refractivity contribution < 1.29 is 4.42 Å². The van der Waals surface area contributed by atoms with Crippen LogP contribution in [-0.2, 0) is 6.54 Å². The van der Waals surface area contributed by atoms with Crippen LogP contribution in [0.5, 0.6) is 0 Å². The van der Waals surface area contributed by atoms with Crippen molar-refractivity contribution in [3.8, 4) is 0 Å². The maximum absolute atomic E-state index is 5.45. The van der Waals surface area contributed by atoms with E-state index in [1.807, 2.05) is 12.1 Å². The first-order chi connectivity index (χ1) is 7.79. The van der Waals surface area contributed by atoms with E-state index >= 15 is 0 Å². The molecule has 0 radical (unpaired) electrons. The minimum Gasteiger partial charge on any atom is -0.453 e. The Hall–Kier alpha value is -0.580. The van der Waals surface area contributed by atoms with E-state index in [9.17, 15) is 0 Å². The molecule has 1 atom stereocenters. The van der Waals surface area contributed by atoms with Gasteiger partial charge in [-0.1, -0.05) is 13.0 Å². The zero-order valence-electron chi connectivity index (χ0n) is 9.07. The normalized spacial score (nSPS) is 12.9. The Bertz CT molecular complexity index is 424. The predicted octanol–water partition coefficient (Wildman–Crippen LogP) is 4.34. The van der Waals surface area contributed by atoms with Crippen LogP contribution < -0.4 is 5.32 Å². The van der Waals surface area contributed by atoms with Crippen molar-refractivity contribution in [2.75, 3.05) is 0 Å². The molecule has 2 aromatic rings. The molecular formula is C12H14BrNOS. The maximum atomic E-state index is 5.45. The van der Waals surface area contributed by atoms with E-state index in [2.05, 4.69) is 45.7 Å². The Morgan fingerprint density at radius 1 is 1.44 bits per heavy atom. The smallest absolute Gasteiger partial charge is 0.169 e. The quantitative estimate of drug-likeness (QED) is 0.888. The monoisotopic (exact) mass is 299 g/mol. The molecule has 0 bridgehead atoms. The molecule has 1 N–H and O–H groups in total. The molecule has 0 amide bonds. The first-order valence-electron chi connectivity index (χ1n) is 5.30. The van der Waals surface area contributed by atoms with Gasteiger partial charge in [-0.2, -0.15) is 0 Å². The average Bonchev–Trinajstić information content (AvgIpc) is 2.91. The highest BCUT2D eigenvalue weighted by Gasteiger charge is 2.10. The summed E-state index contributed by atoms with van der Waals surface area (Å²) in [7, 11) is 0. The van der Waals surface area contributed by atoms with Crippen LogP contribution in [0.4, 0.5) is 0 Å². The molecule has 2 nitrogen and oxygen atoms in total. The summed E-state index contributed by atoms with van der Waals surface area (Å²) in [6.07, 6.45) is 1.09. The summed E-state index contributed by atoms with van der Waals surface area (Å²) in [6, 6.07) is 8.59. The first kappa shape index (κ1) is 11.9. The Labute approximate surface area is 108 Å². The minimum atomic E-state index is 0.420. The van der Waals surface area contributed by atoms with Crippen molar-refractivity contribution >= 4 is 27.3 Å². The van der Waals surface area contributed by atoms with Crippen molar-refractivity contribution in [3.05, 3.63) is 45.0 Å². The number of furan rings is 1. The second-order valence-corrected chi connectivity index (χ2v) is 5.32. The van der Waals surface area contributed by atoms with Crippen LogP contribution in [-0.4, -0.2) is 0 Å². The molecule has 86 valence electrons. The molecular weight excluding hydrogens is 286 g/mol. The van der Waals surface area contributed by atoms with Gasteiger partial charge in [-0.05, 0) is 45.9 Å². The van der Waals surface area contributed by atoms with Gasteiger partial charge in [0.15, 0.2) is 4.67 Å². The number of thiophene rings is 1. The topological polar surface area (TPSA) is 25.2 Å². The van der Waals surface area contributed by atoms with Gasteiger partial charge < -0.3 is 9.73 Å². The van der Waals surface area contributed by atoms with Crippen LogP contribution in [0.15, 0.2) is 38.7 Å². The van der Waals surface area contributed by atoms with Crippen molar-refractivity contribution in [1.29, 1.82) is 0 Å². The van der Waals surface area contributed by atoms with E-state index in [1.54, 1.807) is 11.3 Å². The third-order valence-electron chi connectivity index (χ3n) is 2.45. The predicted molar refractivity (Wildman–Crippen MR) is 70.6 cm³/mol. The fraction of sp³-hybridized carbons (Fsp3) is 0.333. The van der Waals surface area contributed by atoms with E-state index in [-0.39, 0.29) is 0 Å². The lowest BCUT2D eigenvalue weighted by Crippen LogP contribution is -2.18. The Kier molecular flexibility index (Phi) is 4.21. The standard InChI is InChI=1S/C12H14BrNOS/c1-2-10(11-4-3-7-16-11)14-8-9-5-6-12(13)15-9/h3-7,10,14H,2,8H2,1H3. The van der Waals surface area contributed by atoms with Gasteiger partial charge in [0.05, 0.1) is 6.54 Å². The molecule has 2 heterocycles. The highest BCUT2D eigenvalue weighted by atomic mass is 79.9. The van der Waals surface area contributed by atoms with Gasteiger partial charge in [0.25, 0.3) is 0 Å². The molecule has 0 aliphatic heterocycles. The average molecular weight is 300 g/mol. The Morgan fingerprint density at radius 3 is 2.88 bits per heavy atom. The second-order valence-electron chi connectivity index (χ2n) is 3.56. The molecule has 2 rings (SSSR count). The van der Waals surface area contributed by atoms with Gasteiger partial charge in [0.2, 0.25) is 0 Å². The summed E-state index contributed by atoms with van der Waals surface area (Å²) in [6.45, 7) is 2.96. The summed E-state index contributed by atoms with van der Waals surface area (Å²) in [5.74, 6) is 0.960. The molecule has 0 aromatic carbocycles. The molecule has 4 heteroatoms. The first-order valence-corrected chi connectivity index (χ1v) is 6.98. The number of rotatable bonds is 5. The molecule has 0 fully saturated rings. The molecule has 0 spiro atoms. The number of halogens is 1. The molecule has 0 saturated carbocycles. The summed E-state index contributed by atoms with van der Waals surface area (Å²) in [4.78, 5) is 1.38. The van der Waals surface area contributed by atoms with E-state index in [4.69, 9.17) is 4.42 Å². The number of hydrogen-bond donors (Lipinski definition) is 1. The van der Waals surface area contributed by atoms with Crippen LogP contribution in [0, 0.1) is 0 Å². The van der Waals surface area contributed by atoms with Gasteiger partial charge in [0.1, 0.15) is 5.76 Å². The Balaban J connectivity index is 1.93. The SMILES string of the molecule is CCC(NCc1ccc(Br)o1)c1cccs1. The summed E-state index contributed by atoms with van der Waals surface area (Å²) in [5, 5.41) is 5.61. The third-order valence-corrected chi connectivity index (χ3v) is 3.86. The highest BCUT2D eigenvalue weighted by molar-refractivity contribution is 9.10. The van der Waals surface area contributed by atoms with E-state index < -0.39 is 0 Å². The maximum Gasteiger partial charge on any atom is 0.169 e. The third kappa shape index (κ3) is 2.97. The van der Waals surface area contributed by atoms with E-state index in [1.165, 1.54) is 4.88 Å². The van der Waals surface area contributed by atoms with Crippen molar-refractivity contribution in [1.82, 2.24) is 5.32 Å². The zero-order valence-corrected chi connectivity index (χ0v) is 11.5. The van der Waals surface area contributed by atoms with E-state index in [0.717, 1.165) is 23.4 Å². The number of hydrogen-bond acceptors (Lipinski definition) is 3. The van der Waals surface area contributed by atoms with Crippen LogP contribution in [0.1, 0.15) is 30.0 Å². The number of nitrogens with one attached hydrogen (secondary N) is 1. The van der Waals surface area contributed by atoms with Gasteiger partial charge in [-0.3, -0.25) is 0 Å². The molecule has 0 saturated heterocycles. The van der Waals surface area contributed by atoms with Crippen LogP contribution in [0.3, 0.4) is 0 Å². The fourth-order valence-corrected chi connectivity index (χ4v) is 2.83. The molecule has 1 unspecified atom stereocenters. The summed E-state index contributed by atoms with van der Waals surface area (Å²) >= 11 is 5.10. The molecule has 0 aliphatic carbocycles. The fourth-order valence-electron chi connectivity index (χ4n) is 1.61. The highest BCUT2D eigenvalue weighted by Crippen LogP contribution is 2.22. The van der Waals surface area contributed by atoms with Crippen LogP contribution >= 0.6 is 27.3 Å². The molecule has 16 heavy (non-hydrogen) atoms. The van der Waals surface area contributed by atoms with E-state index in [0.29, 0.717) is 6.04 Å². The lowest BCUT2D eigenvalue weighted by molar-refractivity contribution is 0.435. The molecule has 2 aromatic heterocycles. The lowest BCUT2D eigenvalue weighted by atomic mass is 10.2. The van der Waals surface area contributed by atoms with Gasteiger partial charge >= 0.3 is 0 Å². The van der Waals surface area contributed by atoms with Crippen LogP contribution in [0.25, 0.3) is 0 Å². The van der Waals surface area contributed by atoms with Gasteiger partial charge in [-0.15, -0.1) is 11.3 Å². The summed E-state index contributed by atoms with van der Waals surface area (Å²) < 4.78 is 6.24. The van der Waals surface area contributed by atoms with Crippen molar-refractivity contribution in [2.45, 2.75) is 25.9 Å². The van der Waals surface area contributed by atoms with Crippen molar-refractivity contribution in [3.63, 3.8) is 0 Å². The van der Waals surface area contributed by atoms with Gasteiger partial charge in [0, 0.05) is 10.9 Å². The minimum absolute atomic E-state index is 0.420. The zero-order chi connectivity index (χ0) is 11.4. The van der Waals surface area contributed by atoms with Gasteiger partial charge in [-0.25, -0.2) is 0 Å². The largest absolute Gasteiger partial charge is 0.453 e. The second kappa shape index (κ2) is 5.66. The summed E-state index contributed by atoms with van der Waals surface area (Å²) in [5.41, 5.74) is 0. The Morgan fingerprint density at radius 2 is 2.31 bits per heavy atom. The molecule has 0 aliphatic rings. The van der Waals surface area contributed by atoms with Crippen LogP contribution in [0.2, 0.25) is 0 Å². The lowest BCUT2D eigenvalue weighted by Gasteiger charge is -2.14.